The van der Waals surface area contributed by atoms with Gasteiger partial charge in [0.2, 0.25) is 11.8 Å². The lowest BCUT2D eigenvalue weighted by Crippen LogP contribution is -2.34. The fourth-order valence-corrected chi connectivity index (χ4v) is 1.49. The Morgan fingerprint density at radius 1 is 1.48 bits per heavy atom. The molecule has 1 aromatic heterocycles. The summed E-state index contributed by atoms with van der Waals surface area (Å²) >= 11 is 0. The highest BCUT2D eigenvalue weighted by Crippen LogP contribution is 2.17. The number of pyridine rings is 1. The van der Waals surface area contributed by atoms with Crippen molar-refractivity contribution in [2.24, 2.45) is 0 Å². The first kappa shape index (κ1) is 19.0. The molecule has 0 saturated heterocycles. The van der Waals surface area contributed by atoms with Crippen molar-refractivity contribution in [3.05, 3.63) is 36.5 Å². The van der Waals surface area contributed by atoms with E-state index in [9.17, 15) is 18.0 Å². The van der Waals surface area contributed by atoms with Crippen LogP contribution in [-0.2, 0) is 16.1 Å². The highest BCUT2D eigenvalue weighted by Gasteiger charge is 2.28. The van der Waals surface area contributed by atoms with Gasteiger partial charge in [0.1, 0.15) is 6.10 Å². The van der Waals surface area contributed by atoms with Crippen LogP contribution in [0.5, 0.6) is 5.88 Å². The lowest BCUT2D eigenvalue weighted by molar-refractivity contribution is -0.154. The molecule has 0 fully saturated rings. The average molecular weight is 332 g/mol. The molecule has 1 atom stereocenters. The molecule has 0 aromatic carbocycles. The van der Waals surface area contributed by atoms with E-state index < -0.39 is 18.9 Å². The molecule has 1 aromatic rings. The van der Waals surface area contributed by atoms with E-state index in [1.54, 1.807) is 13.0 Å². The molecule has 0 aliphatic carbocycles. The number of amides is 1. The van der Waals surface area contributed by atoms with Crippen LogP contribution >= 0.6 is 0 Å². The molecule has 128 valence electrons. The smallest absolute Gasteiger partial charge is 0.422 e. The fourth-order valence-electron chi connectivity index (χ4n) is 1.49. The van der Waals surface area contributed by atoms with Gasteiger partial charge in [0.25, 0.3) is 0 Å². The van der Waals surface area contributed by atoms with Gasteiger partial charge in [0, 0.05) is 18.8 Å². The number of rotatable bonds is 9. The topological polar surface area (TPSA) is 60.5 Å². The van der Waals surface area contributed by atoms with Crippen LogP contribution < -0.4 is 10.1 Å². The maximum atomic E-state index is 12.0. The third-order valence-electron chi connectivity index (χ3n) is 2.71. The SMILES string of the molecule is C=CCCOC(C)C(=O)NCc1ccc(OCC(F)(F)F)nc1. The summed E-state index contributed by atoms with van der Waals surface area (Å²) < 4.78 is 45.8. The third kappa shape index (κ3) is 8.20. The Balaban J connectivity index is 2.37. The number of hydrogen-bond donors (Lipinski definition) is 1. The summed E-state index contributed by atoms with van der Waals surface area (Å²) in [5, 5.41) is 2.65. The molecule has 1 unspecified atom stereocenters. The van der Waals surface area contributed by atoms with Crippen molar-refractivity contribution in [1.82, 2.24) is 10.3 Å². The minimum absolute atomic E-state index is 0.126. The first-order valence-corrected chi connectivity index (χ1v) is 6.96. The van der Waals surface area contributed by atoms with E-state index in [-0.39, 0.29) is 18.3 Å². The van der Waals surface area contributed by atoms with Crippen LogP contribution in [0, 0.1) is 0 Å². The second kappa shape index (κ2) is 9.14. The molecule has 1 rings (SSSR count). The van der Waals surface area contributed by atoms with Crippen molar-refractivity contribution < 1.29 is 27.4 Å². The van der Waals surface area contributed by atoms with Gasteiger partial charge in [-0.2, -0.15) is 13.2 Å². The maximum Gasteiger partial charge on any atom is 0.422 e. The molecular formula is C15H19F3N2O3. The molecule has 5 nitrogen and oxygen atoms in total. The quantitative estimate of drug-likeness (QED) is 0.558. The molecule has 0 saturated carbocycles. The minimum Gasteiger partial charge on any atom is -0.468 e. The van der Waals surface area contributed by atoms with E-state index in [4.69, 9.17) is 4.74 Å². The molecular weight excluding hydrogens is 313 g/mol. The molecule has 1 N–H and O–H groups in total. The summed E-state index contributed by atoms with van der Waals surface area (Å²) in [6.45, 7) is 4.39. The average Bonchev–Trinajstić information content (AvgIpc) is 2.51. The predicted octanol–water partition coefficient (Wildman–Crippen LogP) is 2.62. The van der Waals surface area contributed by atoms with Gasteiger partial charge in [-0.3, -0.25) is 4.79 Å². The zero-order chi connectivity index (χ0) is 17.3. The monoisotopic (exact) mass is 332 g/mol. The normalized spacial score (nSPS) is 12.5. The molecule has 0 radical (unpaired) electrons. The number of carbonyl (C=O) groups excluding carboxylic acids is 1. The number of carbonyl (C=O) groups is 1. The number of halogens is 3. The second-order valence-corrected chi connectivity index (χ2v) is 4.72. The summed E-state index contributed by atoms with van der Waals surface area (Å²) in [4.78, 5) is 15.5. The summed E-state index contributed by atoms with van der Waals surface area (Å²) in [7, 11) is 0. The first-order chi connectivity index (χ1) is 10.8. The van der Waals surface area contributed by atoms with E-state index in [2.05, 4.69) is 21.6 Å². The summed E-state index contributed by atoms with van der Waals surface area (Å²) in [6.07, 6.45) is -1.32. The van der Waals surface area contributed by atoms with Gasteiger partial charge in [-0.25, -0.2) is 4.98 Å². The zero-order valence-electron chi connectivity index (χ0n) is 12.7. The maximum absolute atomic E-state index is 12.0. The van der Waals surface area contributed by atoms with E-state index in [1.165, 1.54) is 18.3 Å². The van der Waals surface area contributed by atoms with Crippen molar-refractivity contribution in [3.63, 3.8) is 0 Å². The van der Waals surface area contributed by atoms with Crippen LogP contribution in [-0.4, -0.2) is 36.4 Å². The summed E-state index contributed by atoms with van der Waals surface area (Å²) in [6, 6.07) is 2.85. The van der Waals surface area contributed by atoms with E-state index >= 15 is 0 Å². The first-order valence-electron chi connectivity index (χ1n) is 6.96. The highest BCUT2D eigenvalue weighted by molar-refractivity contribution is 5.80. The van der Waals surface area contributed by atoms with Crippen LogP contribution in [0.15, 0.2) is 31.0 Å². The molecule has 1 heterocycles. The van der Waals surface area contributed by atoms with Gasteiger partial charge >= 0.3 is 6.18 Å². The number of hydrogen-bond acceptors (Lipinski definition) is 4. The Morgan fingerprint density at radius 2 is 2.22 bits per heavy atom. The van der Waals surface area contributed by atoms with Gasteiger partial charge in [-0.1, -0.05) is 12.1 Å². The lowest BCUT2D eigenvalue weighted by atomic mass is 10.2. The number of alkyl halides is 3. The van der Waals surface area contributed by atoms with E-state index in [0.717, 1.165) is 0 Å². The molecule has 23 heavy (non-hydrogen) atoms. The van der Waals surface area contributed by atoms with Gasteiger partial charge in [-0.05, 0) is 18.9 Å². The van der Waals surface area contributed by atoms with Crippen molar-refractivity contribution in [1.29, 1.82) is 0 Å². The Kier molecular flexibility index (Phi) is 7.53. The predicted molar refractivity (Wildman–Crippen MR) is 77.9 cm³/mol. The molecule has 0 aliphatic rings. The second-order valence-electron chi connectivity index (χ2n) is 4.72. The van der Waals surface area contributed by atoms with Gasteiger partial charge in [0.15, 0.2) is 6.61 Å². The van der Waals surface area contributed by atoms with Crippen LogP contribution in [0.2, 0.25) is 0 Å². The fraction of sp³-hybridized carbons (Fsp3) is 0.467. The molecule has 0 bridgehead atoms. The number of nitrogens with one attached hydrogen (secondary N) is 1. The standard InChI is InChI=1S/C15H19F3N2O3/c1-3-4-7-22-11(2)14(21)20-9-12-5-6-13(19-8-12)23-10-15(16,17)18/h3,5-6,8,11H,1,4,7,9-10H2,2H3,(H,20,21). The largest absolute Gasteiger partial charge is 0.468 e. The van der Waals surface area contributed by atoms with Crippen molar-refractivity contribution in [2.45, 2.75) is 32.2 Å². The van der Waals surface area contributed by atoms with Gasteiger partial charge < -0.3 is 14.8 Å². The van der Waals surface area contributed by atoms with Crippen molar-refractivity contribution >= 4 is 5.91 Å². The zero-order valence-corrected chi connectivity index (χ0v) is 12.7. The van der Waals surface area contributed by atoms with E-state index in [0.29, 0.717) is 18.6 Å². The Bertz CT molecular complexity index is 504. The Hall–Kier alpha value is -2.09. The molecule has 0 aliphatic heterocycles. The van der Waals surface area contributed by atoms with Crippen LogP contribution in [0.1, 0.15) is 18.9 Å². The number of aromatic nitrogens is 1. The lowest BCUT2D eigenvalue weighted by Gasteiger charge is -2.13. The van der Waals surface area contributed by atoms with Crippen molar-refractivity contribution in [3.8, 4) is 5.88 Å². The molecule has 0 spiro atoms. The molecule has 8 heteroatoms. The number of nitrogens with zero attached hydrogens (tertiary/aromatic N) is 1. The van der Waals surface area contributed by atoms with Gasteiger partial charge in [0.05, 0.1) is 6.61 Å². The summed E-state index contributed by atoms with van der Waals surface area (Å²) in [5.74, 6) is -0.412. The van der Waals surface area contributed by atoms with Crippen molar-refractivity contribution in [2.75, 3.05) is 13.2 Å². The molecule has 1 amide bonds. The Morgan fingerprint density at radius 3 is 2.78 bits per heavy atom. The third-order valence-corrected chi connectivity index (χ3v) is 2.71. The van der Waals surface area contributed by atoms with E-state index in [1.807, 2.05) is 0 Å². The minimum atomic E-state index is -4.41. The highest BCUT2D eigenvalue weighted by atomic mass is 19.4. The summed E-state index contributed by atoms with van der Waals surface area (Å²) in [5.41, 5.74) is 0.635. The van der Waals surface area contributed by atoms with Crippen LogP contribution in [0.3, 0.4) is 0 Å². The van der Waals surface area contributed by atoms with Crippen LogP contribution in [0.4, 0.5) is 13.2 Å². The van der Waals surface area contributed by atoms with Gasteiger partial charge in [-0.15, -0.1) is 6.58 Å². The Labute approximate surface area is 132 Å². The number of ether oxygens (including phenoxy) is 2. The van der Waals surface area contributed by atoms with Crippen LogP contribution in [0.25, 0.3) is 0 Å².